The number of benzene rings is 2. The van der Waals surface area contributed by atoms with E-state index in [1.54, 1.807) is 32.4 Å². The number of hydrogen-bond donors (Lipinski definition) is 0. The summed E-state index contributed by atoms with van der Waals surface area (Å²) in [5.74, 6) is 2.34. The number of carbonyl (C=O) groups is 1. The quantitative estimate of drug-likeness (QED) is 0.714. The van der Waals surface area contributed by atoms with E-state index in [4.69, 9.17) is 28.5 Å². The Balaban J connectivity index is 1.89. The van der Waals surface area contributed by atoms with Crippen LogP contribution in [0.4, 0.5) is 0 Å². The van der Waals surface area contributed by atoms with Gasteiger partial charge >= 0.3 is 0 Å². The van der Waals surface area contributed by atoms with E-state index in [0.29, 0.717) is 45.6 Å². The van der Waals surface area contributed by atoms with Crippen molar-refractivity contribution in [3.05, 3.63) is 41.0 Å². The molecule has 0 amide bonds. The lowest BCUT2D eigenvalue weighted by molar-refractivity contribution is 0.0975. The predicted molar refractivity (Wildman–Crippen MR) is 104 cm³/mol. The highest BCUT2D eigenvalue weighted by molar-refractivity contribution is 6.19. The highest BCUT2D eigenvalue weighted by atomic mass is 16.7. The molecule has 2 aromatic carbocycles. The molecule has 2 aliphatic rings. The molecule has 0 saturated heterocycles. The van der Waals surface area contributed by atoms with Crippen molar-refractivity contribution in [2.24, 2.45) is 5.16 Å². The zero-order chi connectivity index (χ0) is 20.5. The van der Waals surface area contributed by atoms with E-state index in [1.165, 1.54) is 14.2 Å². The summed E-state index contributed by atoms with van der Waals surface area (Å²) in [7, 11) is 6.11. The molecule has 0 spiro atoms. The van der Waals surface area contributed by atoms with Crippen LogP contribution in [0.5, 0.6) is 28.7 Å². The maximum absolute atomic E-state index is 13.0. The lowest BCUT2D eigenvalue weighted by atomic mass is 9.77. The maximum atomic E-state index is 13.0. The number of rotatable bonds is 5. The Labute approximate surface area is 167 Å². The largest absolute Gasteiger partial charge is 0.496 e. The first-order chi connectivity index (χ1) is 14.1. The standard InChI is InChI=1S/C21H21NO7/c1-24-16-9-20-19(28-10-29-20)7-12(16)13-5-15(23)11-6-17(25-2)18(26-3)8-14(11)21(13)22-27-4/h6-9,13H,5,10H2,1-4H3. The number of carbonyl (C=O) groups excluding carboxylic acids is 1. The average molecular weight is 399 g/mol. The molecule has 152 valence electrons. The van der Waals surface area contributed by atoms with Gasteiger partial charge in [-0.05, 0) is 18.2 Å². The van der Waals surface area contributed by atoms with Crippen LogP contribution in [0.15, 0.2) is 29.4 Å². The molecule has 8 nitrogen and oxygen atoms in total. The minimum absolute atomic E-state index is 0.0410. The van der Waals surface area contributed by atoms with E-state index in [0.717, 1.165) is 5.56 Å². The van der Waals surface area contributed by atoms with Crippen LogP contribution in [0.2, 0.25) is 0 Å². The first-order valence-corrected chi connectivity index (χ1v) is 8.99. The lowest BCUT2D eigenvalue weighted by Crippen LogP contribution is -2.27. The third-order valence-corrected chi connectivity index (χ3v) is 5.11. The van der Waals surface area contributed by atoms with Crippen molar-refractivity contribution in [3.8, 4) is 28.7 Å². The smallest absolute Gasteiger partial charge is 0.231 e. The zero-order valence-electron chi connectivity index (χ0n) is 16.6. The van der Waals surface area contributed by atoms with Gasteiger partial charge in [0.25, 0.3) is 0 Å². The van der Waals surface area contributed by atoms with Gasteiger partial charge in [-0.2, -0.15) is 0 Å². The predicted octanol–water partition coefficient (Wildman–Crippen LogP) is 3.16. The first kappa shape index (κ1) is 18.9. The molecular formula is C21H21NO7. The van der Waals surface area contributed by atoms with E-state index in [1.807, 2.05) is 6.07 Å². The van der Waals surface area contributed by atoms with Crippen LogP contribution in [0.3, 0.4) is 0 Å². The number of nitrogens with zero attached hydrogens (tertiary/aromatic N) is 1. The summed E-state index contributed by atoms with van der Waals surface area (Å²) in [5.41, 5.74) is 2.50. The summed E-state index contributed by atoms with van der Waals surface area (Å²) in [6.45, 7) is 0.143. The van der Waals surface area contributed by atoms with Crippen molar-refractivity contribution < 1.29 is 33.3 Å². The zero-order valence-corrected chi connectivity index (χ0v) is 16.6. The highest BCUT2D eigenvalue weighted by Crippen LogP contribution is 2.45. The van der Waals surface area contributed by atoms with Crippen molar-refractivity contribution >= 4 is 11.5 Å². The molecule has 0 saturated carbocycles. The van der Waals surface area contributed by atoms with Crippen LogP contribution >= 0.6 is 0 Å². The van der Waals surface area contributed by atoms with Crippen LogP contribution in [-0.2, 0) is 4.84 Å². The maximum Gasteiger partial charge on any atom is 0.231 e. The molecule has 1 atom stereocenters. The Morgan fingerprint density at radius 1 is 0.862 bits per heavy atom. The number of ether oxygens (including phenoxy) is 5. The second-order valence-electron chi connectivity index (χ2n) is 6.54. The third kappa shape index (κ3) is 3.10. The Kier molecular flexibility index (Phi) is 4.92. The average Bonchev–Trinajstić information content (AvgIpc) is 3.21. The van der Waals surface area contributed by atoms with Gasteiger partial charge in [0, 0.05) is 35.1 Å². The molecule has 0 aromatic heterocycles. The van der Waals surface area contributed by atoms with E-state index in [-0.39, 0.29) is 19.0 Å². The second-order valence-corrected chi connectivity index (χ2v) is 6.54. The molecule has 29 heavy (non-hydrogen) atoms. The summed E-state index contributed by atoms with van der Waals surface area (Å²) in [6.07, 6.45) is 0.195. The minimum atomic E-state index is -0.391. The van der Waals surface area contributed by atoms with Crippen molar-refractivity contribution in [3.63, 3.8) is 0 Å². The molecule has 2 aromatic rings. The Morgan fingerprint density at radius 2 is 1.48 bits per heavy atom. The van der Waals surface area contributed by atoms with Crippen LogP contribution in [-0.4, -0.2) is 46.7 Å². The van der Waals surface area contributed by atoms with Gasteiger partial charge in [0.2, 0.25) is 6.79 Å². The fraction of sp³-hybridized carbons (Fsp3) is 0.333. The number of methoxy groups -OCH3 is 3. The Bertz CT molecular complexity index is 999. The highest BCUT2D eigenvalue weighted by Gasteiger charge is 2.36. The summed E-state index contributed by atoms with van der Waals surface area (Å²) >= 11 is 0. The van der Waals surface area contributed by atoms with Crippen molar-refractivity contribution in [2.75, 3.05) is 35.2 Å². The molecule has 4 rings (SSSR count). The first-order valence-electron chi connectivity index (χ1n) is 8.99. The second kappa shape index (κ2) is 7.54. The number of fused-ring (bicyclic) bond motifs is 2. The van der Waals surface area contributed by atoms with Gasteiger partial charge in [0.15, 0.2) is 28.8 Å². The Morgan fingerprint density at radius 3 is 2.10 bits per heavy atom. The van der Waals surface area contributed by atoms with Crippen LogP contribution < -0.4 is 23.7 Å². The molecule has 0 N–H and O–H groups in total. The third-order valence-electron chi connectivity index (χ3n) is 5.11. The topological polar surface area (TPSA) is 84.8 Å². The molecule has 1 aliphatic heterocycles. The number of hydrogen-bond acceptors (Lipinski definition) is 8. The molecule has 1 unspecified atom stereocenters. The summed E-state index contributed by atoms with van der Waals surface area (Å²) < 4.78 is 27.3. The van der Waals surface area contributed by atoms with E-state index in [2.05, 4.69) is 5.16 Å². The van der Waals surface area contributed by atoms with Gasteiger partial charge in [-0.25, -0.2) is 0 Å². The van der Waals surface area contributed by atoms with Gasteiger partial charge in [0.05, 0.1) is 27.0 Å². The number of ketones is 1. The van der Waals surface area contributed by atoms with Gasteiger partial charge in [-0.1, -0.05) is 5.16 Å². The van der Waals surface area contributed by atoms with E-state index < -0.39 is 5.92 Å². The Hall–Kier alpha value is -3.42. The van der Waals surface area contributed by atoms with Crippen molar-refractivity contribution in [2.45, 2.75) is 12.3 Å². The molecule has 8 heteroatoms. The van der Waals surface area contributed by atoms with Gasteiger partial charge in [0.1, 0.15) is 12.9 Å². The van der Waals surface area contributed by atoms with Crippen LogP contribution in [0.25, 0.3) is 0 Å². The normalized spacial score (nSPS) is 18.4. The molecule has 1 aliphatic carbocycles. The SMILES string of the molecule is CON=C1c2cc(OC)c(OC)cc2C(=O)CC1c1cc2c(cc1OC)OCO2. The number of oxime groups is 1. The molecule has 1 heterocycles. The minimum Gasteiger partial charge on any atom is -0.496 e. The summed E-state index contributed by atoms with van der Waals surface area (Å²) in [6, 6.07) is 7.01. The summed E-state index contributed by atoms with van der Waals surface area (Å²) in [4.78, 5) is 18.2. The van der Waals surface area contributed by atoms with Gasteiger partial charge < -0.3 is 28.5 Å². The molecule has 0 bridgehead atoms. The fourth-order valence-electron chi connectivity index (χ4n) is 3.76. The monoisotopic (exact) mass is 399 g/mol. The van der Waals surface area contributed by atoms with Crippen molar-refractivity contribution in [1.29, 1.82) is 0 Å². The molecular weight excluding hydrogens is 378 g/mol. The van der Waals surface area contributed by atoms with E-state index >= 15 is 0 Å². The van der Waals surface area contributed by atoms with Crippen LogP contribution in [0.1, 0.15) is 33.8 Å². The lowest BCUT2D eigenvalue weighted by Gasteiger charge is -2.27. The number of Topliss-reactive ketones (excluding diaryl/α,β-unsaturated/α-hetero) is 1. The van der Waals surface area contributed by atoms with Gasteiger partial charge in [-0.3, -0.25) is 4.79 Å². The van der Waals surface area contributed by atoms with E-state index in [9.17, 15) is 4.79 Å². The van der Waals surface area contributed by atoms with Crippen LogP contribution in [0, 0.1) is 0 Å². The molecule has 0 fully saturated rings. The van der Waals surface area contributed by atoms with Gasteiger partial charge in [-0.15, -0.1) is 0 Å². The fourth-order valence-corrected chi connectivity index (χ4v) is 3.76. The van der Waals surface area contributed by atoms with Crippen molar-refractivity contribution in [1.82, 2.24) is 0 Å². The molecule has 0 radical (unpaired) electrons. The summed E-state index contributed by atoms with van der Waals surface area (Å²) in [5, 5.41) is 4.26.